The molecule has 0 saturated carbocycles. The average Bonchev–Trinajstić information content (AvgIpc) is 3.91. The summed E-state index contributed by atoms with van der Waals surface area (Å²) in [5.74, 6) is 1.56. The van der Waals surface area contributed by atoms with Gasteiger partial charge in [0.15, 0.2) is 11.6 Å². The lowest BCUT2D eigenvalue weighted by molar-refractivity contribution is 1.08. The number of aromatic nitrogens is 6. The van der Waals surface area contributed by atoms with Gasteiger partial charge in [0.1, 0.15) is 11.4 Å². The molecule has 0 aliphatic carbocycles. The summed E-state index contributed by atoms with van der Waals surface area (Å²) >= 11 is 0. The van der Waals surface area contributed by atoms with Crippen LogP contribution in [-0.2, 0) is 0 Å². The van der Waals surface area contributed by atoms with Gasteiger partial charge in [0.05, 0.1) is 44.1 Å². The van der Waals surface area contributed by atoms with E-state index in [0.29, 0.717) is 0 Å². The molecule has 0 atom stereocenters. The van der Waals surface area contributed by atoms with Crippen molar-refractivity contribution in [3.63, 3.8) is 0 Å². The smallest absolute Gasteiger partial charge is 0.165 e. The lowest BCUT2D eigenvalue weighted by atomic mass is 9.99. The third-order valence-corrected chi connectivity index (χ3v) is 14.0. The Labute approximate surface area is 388 Å². The number of hydrogen-bond acceptors (Lipinski definition) is 4. The Morgan fingerprint density at radius 3 is 0.853 bits per heavy atom. The molecule has 0 aliphatic rings. The summed E-state index contributed by atoms with van der Waals surface area (Å²) in [7, 11) is 0. The molecule has 68 heavy (non-hydrogen) atoms. The summed E-state index contributed by atoms with van der Waals surface area (Å²) in [5.41, 5.74) is 11.4. The van der Waals surface area contributed by atoms with Crippen molar-refractivity contribution in [1.29, 1.82) is 0 Å². The summed E-state index contributed by atoms with van der Waals surface area (Å²) in [6.45, 7) is 0. The molecular formula is C62H36N6. The van der Waals surface area contributed by atoms with Gasteiger partial charge in [0.25, 0.3) is 0 Å². The lowest BCUT2D eigenvalue weighted by Gasteiger charge is -2.17. The molecule has 314 valence electrons. The highest BCUT2D eigenvalue weighted by Crippen LogP contribution is 2.44. The Bertz CT molecular complexity index is 4310. The molecule has 0 amide bonds. The minimum atomic E-state index is 0.782. The van der Waals surface area contributed by atoms with Crippen molar-refractivity contribution in [2.75, 3.05) is 0 Å². The maximum absolute atomic E-state index is 5.77. The number of fused-ring (bicyclic) bond motifs is 18. The minimum absolute atomic E-state index is 0.782. The molecule has 0 radical (unpaired) electrons. The van der Waals surface area contributed by atoms with Crippen molar-refractivity contribution in [3.8, 4) is 34.2 Å². The largest absolute Gasteiger partial charge is 0.292 e. The summed E-state index contributed by atoms with van der Waals surface area (Å²) < 4.78 is 4.69. The van der Waals surface area contributed by atoms with Gasteiger partial charge in [-0.1, -0.05) is 194 Å². The first-order valence-electron chi connectivity index (χ1n) is 23.1. The van der Waals surface area contributed by atoms with Crippen LogP contribution in [0, 0.1) is 0 Å². The first kappa shape index (κ1) is 37.0. The van der Waals surface area contributed by atoms with Crippen molar-refractivity contribution in [1.82, 2.24) is 29.1 Å². The van der Waals surface area contributed by atoms with Crippen molar-refractivity contribution in [2.24, 2.45) is 0 Å². The molecule has 6 heteroatoms. The van der Waals surface area contributed by atoms with E-state index in [1.54, 1.807) is 0 Å². The van der Waals surface area contributed by atoms with Crippen LogP contribution in [0.1, 0.15) is 0 Å². The topological polar surface area (TPSA) is 61.4 Å². The quantitative estimate of drug-likeness (QED) is 0.165. The van der Waals surface area contributed by atoms with Gasteiger partial charge in [0, 0.05) is 54.2 Å². The molecule has 15 rings (SSSR count). The van der Waals surface area contributed by atoms with Gasteiger partial charge in [0.2, 0.25) is 0 Å². The highest BCUT2D eigenvalue weighted by molar-refractivity contribution is 6.25. The normalized spacial score (nSPS) is 12.1. The first-order valence-corrected chi connectivity index (χ1v) is 23.1. The molecule has 6 nitrogen and oxygen atoms in total. The van der Waals surface area contributed by atoms with Gasteiger partial charge in [-0.05, 0) is 45.8 Å². The van der Waals surface area contributed by atoms with E-state index < -0.39 is 0 Å². The Hall–Kier alpha value is -9.26. The van der Waals surface area contributed by atoms with E-state index in [9.17, 15) is 0 Å². The SMILES string of the molecule is c1ccc(-c2nc3c4ccccc4c4ccccc4c3nc2-n2c3ccccc3c3cc4c(cc32)c2ccccc2n4-c2nc3c4ccccc4c4ccccc4c3nc2-c2ccccc2)cc1. The maximum atomic E-state index is 5.77. The fourth-order valence-electron chi connectivity index (χ4n) is 11.1. The number of hydrogen-bond donors (Lipinski definition) is 0. The second-order valence-electron chi connectivity index (χ2n) is 17.7. The Morgan fingerprint density at radius 2 is 0.500 bits per heavy atom. The molecule has 0 saturated heterocycles. The summed E-state index contributed by atoms with van der Waals surface area (Å²) in [4.78, 5) is 22.8. The lowest BCUT2D eigenvalue weighted by Crippen LogP contribution is -2.05. The summed E-state index contributed by atoms with van der Waals surface area (Å²) in [6, 6.07) is 77.5. The Morgan fingerprint density at radius 1 is 0.221 bits per heavy atom. The number of para-hydroxylation sites is 2. The van der Waals surface area contributed by atoms with Crippen molar-refractivity contribution >= 4 is 109 Å². The Balaban J connectivity index is 1.09. The zero-order chi connectivity index (χ0) is 44.5. The molecule has 0 unspecified atom stereocenters. The summed E-state index contributed by atoms with van der Waals surface area (Å²) in [5, 5.41) is 13.4. The fraction of sp³-hybridized carbons (Fsp3) is 0. The van der Waals surface area contributed by atoms with E-state index in [-0.39, 0.29) is 0 Å². The van der Waals surface area contributed by atoms with Crippen LogP contribution in [0.5, 0.6) is 0 Å². The number of benzene rings is 11. The highest BCUT2D eigenvalue weighted by atomic mass is 15.1. The summed E-state index contributed by atoms with van der Waals surface area (Å²) in [6.07, 6.45) is 0. The highest BCUT2D eigenvalue weighted by Gasteiger charge is 2.26. The van der Waals surface area contributed by atoms with E-state index in [0.717, 1.165) is 132 Å². The van der Waals surface area contributed by atoms with E-state index in [2.05, 4.69) is 228 Å². The molecule has 11 aromatic carbocycles. The Kier molecular flexibility index (Phi) is 7.69. The standard InChI is InChI=1S/C62H36N6/c1-3-19-37(20-4-1)55-61(65-59-47-31-13-9-25-41(47)39-23-7-11-29-45(39)57(59)63-55)67-51-33-17-15-27-43(51)49-36-54-50(35-53(49)67)44-28-16-18-34-52(44)68(54)62-56(38-21-5-2-6-22-38)64-58-46-30-12-8-24-40(46)42-26-10-14-32-48(42)60(58)66-62/h1-36H. The zero-order valence-corrected chi connectivity index (χ0v) is 36.5. The molecule has 4 heterocycles. The third-order valence-electron chi connectivity index (χ3n) is 14.0. The molecule has 0 bridgehead atoms. The van der Waals surface area contributed by atoms with E-state index in [1.807, 2.05) is 0 Å². The van der Waals surface area contributed by atoms with Gasteiger partial charge in [-0.25, -0.2) is 19.9 Å². The second-order valence-corrected chi connectivity index (χ2v) is 17.7. The van der Waals surface area contributed by atoms with E-state index >= 15 is 0 Å². The second kappa shape index (κ2) is 14.1. The van der Waals surface area contributed by atoms with Gasteiger partial charge in [-0.15, -0.1) is 0 Å². The number of rotatable bonds is 4. The van der Waals surface area contributed by atoms with Crippen molar-refractivity contribution in [2.45, 2.75) is 0 Å². The third kappa shape index (κ3) is 5.17. The molecule has 0 N–H and O–H groups in total. The fourth-order valence-corrected chi connectivity index (χ4v) is 11.1. The van der Waals surface area contributed by atoms with Crippen LogP contribution in [0.2, 0.25) is 0 Å². The van der Waals surface area contributed by atoms with E-state index in [4.69, 9.17) is 19.9 Å². The maximum Gasteiger partial charge on any atom is 0.165 e. The van der Waals surface area contributed by atoms with Gasteiger partial charge >= 0.3 is 0 Å². The van der Waals surface area contributed by atoms with E-state index in [1.165, 1.54) is 10.8 Å². The number of nitrogens with zero attached hydrogens (tertiary/aromatic N) is 6. The van der Waals surface area contributed by atoms with Crippen LogP contribution in [0.4, 0.5) is 0 Å². The predicted octanol–water partition coefficient (Wildman–Crippen LogP) is 15.7. The average molecular weight is 865 g/mol. The molecule has 0 aliphatic heterocycles. The van der Waals surface area contributed by atoms with Crippen LogP contribution >= 0.6 is 0 Å². The molecule has 4 aromatic heterocycles. The van der Waals surface area contributed by atoms with Gasteiger partial charge in [-0.3, -0.25) is 9.13 Å². The predicted molar refractivity (Wildman–Crippen MR) is 282 cm³/mol. The van der Waals surface area contributed by atoms with Crippen molar-refractivity contribution in [3.05, 3.63) is 218 Å². The molecule has 0 fully saturated rings. The first-order chi connectivity index (χ1) is 33.8. The van der Waals surface area contributed by atoms with Crippen LogP contribution in [0.15, 0.2) is 218 Å². The van der Waals surface area contributed by atoms with Crippen LogP contribution < -0.4 is 0 Å². The zero-order valence-electron chi connectivity index (χ0n) is 36.5. The monoisotopic (exact) mass is 864 g/mol. The van der Waals surface area contributed by atoms with Gasteiger partial charge < -0.3 is 0 Å². The van der Waals surface area contributed by atoms with Crippen molar-refractivity contribution < 1.29 is 0 Å². The van der Waals surface area contributed by atoms with Gasteiger partial charge in [-0.2, -0.15) is 0 Å². The van der Waals surface area contributed by atoms with Crippen LogP contribution in [-0.4, -0.2) is 29.1 Å². The molecular weight excluding hydrogens is 829 g/mol. The molecule has 15 aromatic rings. The van der Waals surface area contributed by atoms with Crippen LogP contribution in [0.3, 0.4) is 0 Å². The molecule has 0 spiro atoms. The minimum Gasteiger partial charge on any atom is -0.292 e. The van der Waals surface area contributed by atoms with Crippen LogP contribution in [0.25, 0.3) is 143 Å².